The molecule has 0 saturated heterocycles. The Hall–Kier alpha value is 0.383. The molecule has 0 aliphatic rings. The largest absolute Gasteiger partial charge is 0.478 e. The zero-order valence-corrected chi connectivity index (χ0v) is 17.9. The van der Waals surface area contributed by atoms with Gasteiger partial charge in [0.2, 0.25) is 0 Å². The summed E-state index contributed by atoms with van der Waals surface area (Å²) in [5, 5.41) is 20.9. The maximum Gasteiger partial charge on any atom is 0.337 e. The molecule has 1 aromatic carbocycles. The summed E-state index contributed by atoms with van der Waals surface area (Å²) in [4.78, 5) is 26.2. The Morgan fingerprint density at radius 1 is 0.905 bits per heavy atom. The van der Waals surface area contributed by atoms with Gasteiger partial charge in [-0.1, -0.05) is 12.1 Å². The number of hydrogen-bond donors (Lipinski definition) is 3. The summed E-state index contributed by atoms with van der Waals surface area (Å²) in [6.45, 7) is 0. The van der Waals surface area contributed by atoms with E-state index in [2.05, 4.69) is 10.3 Å². The number of nitrogens with zero attached hydrogens (tertiary/aromatic N) is 1. The summed E-state index contributed by atoms with van der Waals surface area (Å²) < 4.78 is 0. The number of nitrogens with one attached hydrogen (secondary N) is 1. The molecule has 0 spiro atoms. The van der Waals surface area contributed by atoms with Crippen molar-refractivity contribution in [2.45, 2.75) is 0 Å². The fourth-order valence-corrected chi connectivity index (χ4v) is 1.61. The van der Waals surface area contributed by atoms with E-state index in [0.29, 0.717) is 5.82 Å². The number of rotatable bonds is 4. The molecule has 2 aromatic rings. The van der Waals surface area contributed by atoms with Crippen molar-refractivity contribution in [3.63, 3.8) is 0 Å². The van der Waals surface area contributed by atoms with Crippen LogP contribution in [-0.2, 0) is 0 Å². The number of anilines is 2. The summed E-state index contributed by atoms with van der Waals surface area (Å²) in [6, 6.07) is 9.08. The van der Waals surface area contributed by atoms with Crippen molar-refractivity contribution in [2.75, 3.05) is 5.32 Å². The maximum atomic E-state index is 11.1. The summed E-state index contributed by atoms with van der Waals surface area (Å²) in [6.07, 6.45) is 1.52. The summed E-state index contributed by atoms with van der Waals surface area (Å²) in [7, 11) is 0. The number of carboxylic acids is 2. The Morgan fingerprint density at radius 3 is 1.90 bits per heavy atom. The van der Waals surface area contributed by atoms with Gasteiger partial charge in [-0.2, -0.15) is 0 Å². The first kappa shape index (κ1) is 21.4. The number of aromatic nitrogens is 1. The molecular weight excluding hydrogens is 326 g/mol. The fourth-order valence-electron chi connectivity index (χ4n) is 1.61. The zero-order valence-electron chi connectivity index (χ0n) is 11.7. The number of hydrogen-bond acceptors (Lipinski definition) is 4. The molecule has 0 fully saturated rings. The van der Waals surface area contributed by atoms with Crippen LogP contribution in [0.1, 0.15) is 20.7 Å². The van der Waals surface area contributed by atoms with Gasteiger partial charge in [0, 0.05) is 109 Å². The summed E-state index contributed by atoms with van der Waals surface area (Å²) in [5.41, 5.74) is -0.225. The van der Waals surface area contributed by atoms with Crippen molar-refractivity contribution in [2.24, 2.45) is 0 Å². The Balaban J connectivity index is 0.00000200. The Bertz CT molecular complexity index is 603. The molecule has 2 radical (unpaired) electrons. The van der Waals surface area contributed by atoms with Gasteiger partial charge < -0.3 is 15.5 Å². The van der Waals surface area contributed by atoms with Crippen LogP contribution in [0.4, 0.5) is 11.5 Å². The quantitative estimate of drug-likeness (QED) is 0.731. The van der Waals surface area contributed by atoms with E-state index in [1.165, 1.54) is 24.4 Å². The standard InChI is InChI=1S/C13H10N2O4.2K/c16-12(17)8-4-3-5-9(13(18)19)11(8)15-10-6-1-2-7-14-10;;/h1-7H,(H,14,15)(H,16,17)(H,18,19);;. The molecule has 2 rings (SSSR count). The molecule has 0 unspecified atom stereocenters. The van der Waals surface area contributed by atoms with Crippen molar-refractivity contribution < 1.29 is 19.8 Å². The second-order valence-electron chi connectivity index (χ2n) is 3.68. The minimum absolute atomic E-state index is 0. The van der Waals surface area contributed by atoms with E-state index in [9.17, 15) is 9.59 Å². The molecule has 0 aliphatic carbocycles. The van der Waals surface area contributed by atoms with Gasteiger partial charge in [-0.15, -0.1) is 0 Å². The SMILES string of the molecule is O=C(O)c1cccc(C(=O)O)c1Nc1ccccn1.[K].[K]. The molecule has 98 valence electrons. The number of aromatic carboxylic acids is 2. The third kappa shape index (κ3) is 5.83. The van der Waals surface area contributed by atoms with Crippen LogP contribution >= 0.6 is 0 Å². The van der Waals surface area contributed by atoms with Crippen molar-refractivity contribution in [3.8, 4) is 0 Å². The van der Waals surface area contributed by atoms with Gasteiger partial charge in [0.15, 0.2) is 0 Å². The fraction of sp³-hybridized carbons (Fsp3) is 0. The molecule has 0 saturated carbocycles. The smallest absolute Gasteiger partial charge is 0.337 e. The number of carboxylic acid groups (broad SMARTS) is 2. The van der Waals surface area contributed by atoms with E-state index in [0.717, 1.165) is 0 Å². The van der Waals surface area contributed by atoms with E-state index in [1.807, 2.05) is 0 Å². The van der Waals surface area contributed by atoms with Gasteiger partial charge in [0.25, 0.3) is 0 Å². The Morgan fingerprint density at radius 2 is 1.48 bits per heavy atom. The Kier molecular flexibility index (Phi) is 10.4. The van der Waals surface area contributed by atoms with Crippen molar-refractivity contribution >= 4 is 126 Å². The molecule has 21 heavy (non-hydrogen) atoms. The van der Waals surface area contributed by atoms with Crippen LogP contribution in [0.25, 0.3) is 0 Å². The van der Waals surface area contributed by atoms with Crippen LogP contribution in [0.15, 0.2) is 42.6 Å². The maximum absolute atomic E-state index is 11.1. The molecule has 0 amide bonds. The molecule has 8 heteroatoms. The molecule has 6 nitrogen and oxygen atoms in total. The van der Waals surface area contributed by atoms with Gasteiger partial charge in [0.1, 0.15) is 5.82 Å². The third-order valence-electron chi connectivity index (χ3n) is 2.44. The average Bonchev–Trinajstić information content (AvgIpc) is 2.39. The molecule has 0 aliphatic heterocycles. The van der Waals surface area contributed by atoms with Gasteiger partial charge in [-0.05, 0) is 24.3 Å². The van der Waals surface area contributed by atoms with Gasteiger partial charge in [0.05, 0.1) is 16.8 Å². The number of para-hydroxylation sites is 1. The predicted molar refractivity (Wildman–Crippen MR) is 79.4 cm³/mol. The van der Waals surface area contributed by atoms with Crippen molar-refractivity contribution in [1.82, 2.24) is 4.98 Å². The first-order chi connectivity index (χ1) is 9.09. The second kappa shape index (κ2) is 10.2. The van der Waals surface area contributed by atoms with E-state index < -0.39 is 11.9 Å². The van der Waals surface area contributed by atoms with Crippen LogP contribution < -0.4 is 5.32 Å². The summed E-state index contributed by atoms with van der Waals surface area (Å²) in [5.74, 6) is -2.04. The first-order valence-corrected chi connectivity index (χ1v) is 5.37. The number of pyridine rings is 1. The Labute approximate surface area is 206 Å². The van der Waals surface area contributed by atoms with Crippen LogP contribution in [-0.4, -0.2) is 130 Å². The zero-order chi connectivity index (χ0) is 13.8. The minimum atomic E-state index is -1.21. The first-order valence-electron chi connectivity index (χ1n) is 5.37. The van der Waals surface area contributed by atoms with E-state index in [1.54, 1.807) is 18.2 Å². The normalized spacial score (nSPS) is 8.95. The second-order valence-corrected chi connectivity index (χ2v) is 3.68. The number of benzene rings is 1. The van der Waals surface area contributed by atoms with Crippen LogP contribution in [0.5, 0.6) is 0 Å². The topological polar surface area (TPSA) is 99.5 Å². The van der Waals surface area contributed by atoms with Gasteiger partial charge >= 0.3 is 11.9 Å². The van der Waals surface area contributed by atoms with E-state index in [-0.39, 0.29) is 120 Å². The van der Waals surface area contributed by atoms with Gasteiger partial charge in [-0.25, -0.2) is 14.6 Å². The molecular formula is C13H10K2N2O4. The minimum Gasteiger partial charge on any atom is -0.478 e. The van der Waals surface area contributed by atoms with Crippen LogP contribution in [0.2, 0.25) is 0 Å². The van der Waals surface area contributed by atoms with Crippen LogP contribution in [0, 0.1) is 0 Å². The monoisotopic (exact) mass is 336 g/mol. The molecule has 3 N–H and O–H groups in total. The predicted octanol–water partition coefficient (Wildman–Crippen LogP) is 1.46. The molecule has 1 heterocycles. The van der Waals surface area contributed by atoms with E-state index >= 15 is 0 Å². The average molecular weight is 336 g/mol. The number of carbonyl (C=O) groups is 2. The molecule has 1 aromatic heterocycles. The van der Waals surface area contributed by atoms with E-state index in [4.69, 9.17) is 10.2 Å². The molecule has 0 bridgehead atoms. The van der Waals surface area contributed by atoms with Crippen molar-refractivity contribution in [3.05, 3.63) is 53.7 Å². The van der Waals surface area contributed by atoms with Gasteiger partial charge in [-0.3, -0.25) is 0 Å². The third-order valence-corrected chi connectivity index (χ3v) is 2.44. The van der Waals surface area contributed by atoms with Crippen LogP contribution in [0.3, 0.4) is 0 Å². The summed E-state index contributed by atoms with van der Waals surface area (Å²) >= 11 is 0. The molecule has 0 atom stereocenters. The van der Waals surface area contributed by atoms with Crippen molar-refractivity contribution in [1.29, 1.82) is 0 Å².